The summed E-state index contributed by atoms with van der Waals surface area (Å²) < 4.78 is 24.9. The van der Waals surface area contributed by atoms with Crippen LogP contribution in [0.2, 0.25) is 0 Å². The van der Waals surface area contributed by atoms with Crippen LogP contribution < -0.4 is 0 Å². The predicted molar refractivity (Wildman–Crippen MR) is 67.7 cm³/mol. The van der Waals surface area contributed by atoms with E-state index in [2.05, 4.69) is 10.9 Å². The maximum absolute atomic E-state index is 11.9. The van der Waals surface area contributed by atoms with Gasteiger partial charge in [-0.05, 0) is 12.1 Å². The first kappa shape index (κ1) is 14.2. The van der Waals surface area contributed by atoms with Crippen LogP contribution in [0.1, 0.15) is 5.69 Å². The largest absolute Gasteiger partial charge is 0.261 e. The second kappa shape index (κ2) is 6.75. The van der Waals surface area contributed by atoms with Crippen molar-refractivity contribution in [3.63, 3.8) is 0 Å². The van der Waals surface area contributed by atoms with Gasteiger partial charge in [-0.25, -0.2) is 8.42 Å². The molecule has 0 bridgehead atoms. The topological polar surface area (TPSA) is 74.1 Å². The van der Waals surface area contributed by atoms with Crippen LogP contribution in [0.3, 0.4) is 0 Å². The molecule has 0 N–H and O–H groups in total. The maximum Gasteiger partial charge on any atom is 0.216 e. The van der Waals surface area contributed by atoms with Crippen molar-refractivity contribution in [2.45, 2.75) is 6.42 Å². The Morgan fingerprint density at radius 1 is 1.39 bits per heavy atom. The first-order chi connectivity index (χ1) is 8.60. The lowest BCUT2D eigenvalue weighted by Gasteiger charge is -2.16. The van der Waals surface area contributed by atoms with Crippen molar-refractivity contribution in [1.29, 1.82) is 5.26 Å². The van der Waals surface area contributed by atoms with Gasteiger partial charge in [0, 0.05) is 18.3 Å². The number of rotatable bonds is 6. The van der Waals surface area contributed by atoms with Crippen LogP contribution in [0.25, 0.3) is 0 Å². The van der Waals surface area contributed by atoms with Crippen LogP contribution in [-0.2, 0) is 16.4 Å². The Balaban J connectivity index is 2.69. The van der Waals surface area contributed by atoms with E-state index in [0.717, 1.165) is 4.31 Å². The molecule has 1 aromatic heterocycles. The Kier molecular flexibility index (Phi) is 5.31. The van der Waals surface area contributed by atoms with Crippen molar-refractivity contribution < 1.29 is 8.42 Å². The third-order valence-corrected chi connectivity index (χ3v) is 4.02. The number of terminal acetylenes is 1. The second-order valence-electron chi connectivity index (χ2n) is 3.52. The molecule has 1 heterocycles. The summed E-state index contributed by atoms with van der Waals surface area (Å²) in [5.41, 5.74) is 0.693. The number of hydrogen-bond acceptors (Lipinski definition) is 4. The van der Waals surface area contributed by atoms with Gasteiger partial charge in [-0.2, -0.15) is 9.57 Å². The fourth-order valence-corrected chi connectivity index (χ4v) is 2.59. The minimum absolute atomic E-state index is 0.0852. The van der Waals surface area contributed by atoms with Gasteiger partial charge in [0.25, 0.3) is 0 Å². The number of pyridine rings is 1. The third-order valence-electron chi connectivity index (χ3n) is 2.25. The quantitative estimate of drug-likeness (QED) is 0.550. The Morgan fingerprint density at radius 3 is 2.72 bits per heavy atom. The van der Waals surface area contributed by atoms with Crippen LogP contribution in [0.5, 0.6) is 0 Å². The molecule has 0 unspecified atom stereocenters. The minimum Gasteiger partial charge on any atom is -0.261 e. The number of aromatic nitrogens is 1. The molecule has 5 nitrogen and oxygen atoms in total. The molecule has 0 fully saturated rings. The van der Waals surface area contributed by atoms with E-state index in [1.54, 1.807) is 30.5 Å². The molecule has 94 valence electrons. The number of hydrogen-bond donors (Lipinski definition) is 0. The molecule has 0 atom stereocenters. The molecule has 0 saturated carbocycles. The summed E-state index contributed by atoms with van der Waals surface area (Å²) in [5, 5.41) is 8.57. The van der Waals surface area contributed by atoms with E-state index in [1.807, 2.05) is 0 Å². The van der Waals surface area contributed by atoms with E-state index in [1.165, 1.54) is 0 Å². The van der Waals surface area contributed by atoms with Gasteiger partial charge in [0.2, 0.25) is 10.0 Å². The highest BCUT2D eigenvalue weighted by atomic mass is 32.2. The van der Waals surface area contributed by atoms with Gasteiger partial charge in [-0.3, -0.25) is 4.98 Å². The lowest BCUT2D eigenvalue weighted by Crippen LogP contribution is -2.34. The summed E-state index contributed by atoms with van der Waals surface area (Å²) in [7, 11) is -3.52. The molecule has 1 rings (SSSR count). The highest BCUT2D eigenvalue weighted by molar-refractivity contribution is 7.89. The van der Waals surface area contributed by atoms with Gasteiger partial charge < -0.3 is 0 Å². The zero-order valence-corrected chi connectivity index (χ0v) is 10.6. The average Bonchev–Trinajstić information content (AvgIpc) is 2.37. The fourth-order valence-electron chi connectivity index (χ4n) is 1.34. The standard InChI is InChI=1S/C12H13N3O2S/c1-2-9-15(10-7-13)18(16,17)11-6-12-5-3-4-8-14-12/h1,3-5,8H,6,9-11H2. The molecule has 0 radical (unpaired) electrons. The zero-order chi connectivity index (χ0) is 13.4. The second-order valence-corrected chi connectivity index (χ2v) is 5.61. The molecule has 0 aliphatic heterocycles. The van der Waals surface area contributed by atoms with Gasteiger partial charge in [-0.1, -0.05) is 12.0 Å². The lowest BCUT2D eigenvalue weighted by molar-refractivity contribution is 0.480. The van der Waals surface area contributed by atoms with Crippen LogP contribution >= 0.6 is 0 Å². The van der Waals surface area contributed by atoms with Crippen molar-refractivity contribution in [1.82, 2.24) is 9.29 Å². The van der Waals surface area contributed by atoms with E-state index < -0.39 is 10.0 Å². The van der Waals surface area contributed by atoms with E-state index >= 15 is 0 Å². The summed E-state index contributed by atoms with van der Waals surface area (Å²) in [6, 6.07) is 7.11. The van der Waals surface area contributed by atoms with Crippen LogP contribution in [0.4, 0.5) is 0 Å². The van der Waals surface area contributed by atoms with Crippen molar-refractivity contribution in [3.8, 4) is 18.4 Å². The van der Waals surface area contributed by atoms with Crippen LogP contribution in [0, 0.1) is 23.7 Å². The van der Waals surface area contributed by atoms with Crippen molar-refractivity contribution >= 4 is 10.0 Å². The van der Waals surface area contributed by atoms with Gasteiger partial charge in [0.05, 0.1) is 18.4 Å². The first-order valence-corrected chi connectivity index (χ1v) is 6.89. The summed E-state index contributed by atoms with van der Waals surface area (Å²) in [6.07, 6.45) is 6.99. The molecule has 0 aliphatic rings. The van der Waals surface area contributed by atoms with Crippen molar-refractivity contribution in [2.24, 2.45) is 0 Å². The van der Waals surface area contributed by atoms with E-state index in [0.29, 0.717) is 12.1 Å². The number of nitriles is 1. The average molecular weight is 263 g/mol. The Hall–Kier alpha value is -1.89. The zero-order valence-electron chi connectivity index (χ0n) is 9.78. The molecule has 18 heavy (non-hydrogen) atoms. The molecule has 0 spiro atoms. The summed E-state index contributed by atoms with van der Waals surface area (Å²) >= 11 is 0. The van der Waals surface area contributed by atoms with Crippen molar-refractivity contribution in [2.75, 3.05) is 18.8 Å². The normalized spacial score (nSPS) is 10.8. The third kappa shape index (κ3) is 4.17. The Morgan fingerprint density at radius 2 is 2.17 bits per heavy atom. The smallest absolute Gasteiger partial charge is 0.216 e. The fraction of sp³-hybridized carbons (Fsp3) is 0.333. The molecule has 0 saturated heterocycles. The highest BCUT2D eigenvalue weighted by Gasteiger charge is 2.20. The molecule has 6 heteroatoms. The molecule has 0 aliphatic carbocycles. The molecule has 1 aromatic rings. The number of sulfonamides is 1. The van der Waals surface area contributed by atoms with E-state index in [-0.39, 0.29) is 18.8 Å². The van der Waals surface area contributed by atoms with Gasteiger partial charge in [-0.15, -0.1) is 6.42 Å². The summed E-state index contributed by atoms with van der Waals surface area (Å²) in [5.74, 6) is 2.13. The SMILES string of the molecule is C#CCN(CC#N)S(=O)(=O)CCc1ccccn1. The van der Waals surface area contributed by atoms with E-state index in [4.69, 9.17) is 11.7 Å². The molecular formula is C12H13N3O2S. The van der Waals surface area contributed by atoms with Crippen molar-refractivity contribution in [3.05, 3.63) is 30.1 Å². The molecular weight excluding hydrogens is 250 g/mol. The Labute approximate surface area is 107 Å². The molecule has 0 aromatic carbocycles. The summed E-state index contributed by atoms with van der Waals surface area (Å²) in [6.45, 7) is -0.313. The lowest BCUT2D eigenvalue weighted by atomic mass is 10.3. The van der Waals surface area contributed by atoms with Gasteiger partial charge in [0.15, 0.2) is 0 Å². The van der Waals surface area contributed by atoms with Gasteiger partial charge in [0.1, 0.15) is 6.54 Å². The number of aryl methyl sites for hydroxylation is 1. The van der Waals surface area contributed by atoms with Gasteiger partial charge >= 0.3 is 0 Å². The Bertz CT molecular complexity index is 539. The van der Waals surface area contributed by atoms with E-state index in [9.17, 15) is 8.42 Å². The summed E-state index contributed by atoms with van der Waals surface area (Å²) in [4.78, 5) is 4.04. The number of nitrogens with zero attached hydrogens (tertiary/aromatic N) is 3. The highest BCUT2D eigenvalue weighted by Crippen LogP contribution is 2.04. The minimum atomic E-state index is -3.52. The van der Waals surface area contributed by atoms with Crippen LogP contribution in [0.15, 0.2) is 24.4 Å². The predicted octanol–water partition coefficient (Wildman–Crippen LogP) is 0.413. The monoisotopic (exact) mass is 263 g/mol. The van der Waals surface area contributed by atoms with Crippen LogP contribution in [-0.4, -0.2) is 36.5 Å². The first-order valence-electron chi connectivity index (χ1n) is 5.28. The maximum atomic E-state index is 11.9. The molecule has 0 amide bonds.